The quantitative estimate of drug-likeness (QED) is 0.362. The minimum atomic E-state index is -0.584. The fourth-order valence-electron chi connectivity index (χ4n) is 4.66. The van der Waals surface area contributed by atoms with Crippen molar-refractivity contribution in [1.29, 1.82) is 0 Å². The second kappa shape index (κ2) is 13.5. The molecule has 1 aliphatic carbocycles. The molecule has 1 atom stereocenters. The molecule has 9 heteroatoms. The number of benzene rings is 1. The third kappa shape index (κ3) is 8.11. The number of guanidine groups is 1. The number of carbonyl (C=O) groups is 2. The summed E-state index contributed by atoms with van der Waals surface area (Å²) in [6, 6.07) is 4.93. The predicted molar refractivity (Wildman–Crippen MR) is 136 cm³/mol. The number of hydrogen-bond donors (Lipinski definition) is 3. The Morgan fingerprint density at radius 2 is 1.79 bits per heavy atom. The van der Waals surface area contributed by atoms with Crippen LogP contribution in [-0.4, -0.2) is 55.6 Å². The van der Waals surface area contributed by atoms with E-state index in [-0.39, 0.29) is 30.2 Å². The maximum absolute atomic E-state index is 13.1. The number of nitrogens with one attached hydrogen (secondary N) is 2. The molecule has 34 heavy (non-hydrogen) atoms. The second-order valence-electron chi connectivity index (χ2n) is 9.08. The van der Waals surface area contributed by atoms with E-state index in [9.17, 15) is 9.59 Å². The molecule has 2 amide bonds. The highest BCUT2D eigenvalue weighted by atomic mass is 32.2. The van der Waals surface area contributed by atoms with Gasteiger partial charge >= 0.3 is 0 Å². The van der Waals surface area contributed by atoms with Gasteiger partial charge in [-0.25, -0.2) is 4.99 Å². The van der Waals surface area contributed by atoms with Crippen LogP contribution in [0.25, 0.3) is 0 Å². The van der Waals surface area contributed by atoms with Crippen LogP contribution in [0.5, 0.6) is 11.5 Å². The smallest absolute Gasteiger partial charge is 0.245 e. The Labute approximate surface area is 206 Å². The highest BCUT2D eigenvalue weighted by Gasteiger charge is 2.27. The molecule has 1 unspecified atom stereocenters. The first-order chi connectivity index (χ1) is 16.5. The SMILES string of the molecule is COc1ccc(CC(=O)NC(N)=NC(CC2CCCCC2)C(=O)NC2CCSCC2)cc1OC. The Morgan fingerprint density at radius 3 is 2.47 bits per heavy atom. The minimum absolute atomic E-state index is 0.0133. The number of aliphatic imine (C=N–C) groups is 1. The number of methoxy groups -OCH3 is 2. The zero-order valence-electron chi connectivity index (χ0n) is 20.3. The van der Waals surface area contributed by atoms with Gasteiger partial charge < -0.3 is 20.5 Å². The first kappa shape index (κ1) is 26.2. The molecule has 4 N–H and O–H groups in total. The number of hydrogen-bond acceptors (Lipinski definition) is 6. The molecule has 1 aromatic carbocycles. The molecule has 1 saturated carbocycles. The lowest BCUT2D eigenvalue weighted by Gasteiger charge is -2.27. The summed E-state index contributed by atoms with van der Waals surface area (Å²) < 4.78 is 10.5. The first-order valence-corrected chi connectivity index (χ1v) is 13.4. The molecule has 2 aliphatic rings. The standard InChI is InChI=1S/C25H38N4O4S/c1-32-21-9-8-18(15-22(21)33-2)16-23(30)29-25(26)28-20(14-17-6-4-3-5-7-17)24(31)27-19-10-12-34-13-11-19/h8-9,15,17,19-20H,3-7,10-14,16H2,1-2H3,(H,27,31)(H3,26,28,29,30). The van der Waals surface area contributed by atoms with Gasteiger partial charge in [0.15, 0.2) is 17.5 Å². The van der Waals surface area contributed by atoms with E-state index in [0.29, 0.717) is 23.8 Å². The van der Waals surface area contributed by atoms with Crippen molar-refractivity contribution in [3.8, 4) is 11.5 Å². The van der Waals surface area contributed by atoms with E-state index in [1.807, 2.05) is 11.8 Å². The van der Waals surface area contributed by atoms with Crippen molar-refractivity contribution in [3.05, 3.63) is 23.8 Å². The van der Waals surface area contributed by atoms with Crippen LogP contribution in [0.3, 0.4) is 0 Å². The van der Waals surface area contributed by atoms with Gasteiger partial charge in [0.25, 0.3) is 0 Å². The third-order valence-electron chi connectivity index (χ3n) is 6.53. The van der Waals surface area contributed by atoms with E-state index in [4.69, 9.17) is 15.2 Å². The molecule has 1 aromatic rings. The van der Waals surface area contributed by atoms with Crippen LogP contribution in [0.4, 0.5) is 0 Å². The van der Waals surface area contributed by atoms with Gasteiger partial charge in [0.05, 0.1) is 20.6 Å². The summed E-state index contributed by atoms with van der Waals surface area (Å²) in [7, 11) is 3.12. The largest absolute Gasteiger partial charge is 0.493 e. The summed E-state index contributed by atoms with van der Waals surface area (Å²) in [5.41, 5.74) is 6.86. The Balaban J connectivity index is 1.63. The molecular formula is C25H38N4O4S. The maximum Gasteiger partial charge on any atom is 0.245 e. The average molecular weight is 491 g/mol. The van der Waals surface area contributed by atoms with Gasteiger partial charge in [-0.1, -0.05) is 38.2 Å². The van der Waals surface area contributed by atoms with Crippen LogP contribution in [0.1, 0.15) is 56.9 Å². The van der Waals surface area contributed by atoms with Crippen molar-refractivity contribution < 1.29 is 19.1 Å². The van der Waals surface area contributed by atoms with Crippen molar-refractivity contribution in [2.24, 2.45) is 16.6 Å². The van der Waals surface area contributed by atoms with Gasteiger partial charge in [0.2, 0.25) is 11.8 Å². The molecule has 0 radical (unpaired) electrons. The van der Waals surface area contributed by atoms with Gasteiger partial charge in [-0.05, 0) is 54.4 Å². The van der Waals surface area contributed by atoms with Crippen LogP contribution in [0, 0.1) is 5.92 Å². The zero-order valence-corrected chi connectivity index (χ0v) is 21.1. The van der Waals surface area contributed by atoms with E-state index >= 15 is 0 Å². The van der Waals surface area contributed by atoms with E-state index in [1.54, 1.807) is 32.4 Å². The number of carbonyl (C=O) groups excluding carboxylic acids is 2. The second-order valence-corrected chi connectivity index (χ2v) is 10.3. The van der Waals surface area contributed by atoms with E-state index < -0.39 is 6.04 Å². The molecule has 1 saturated heterocycles. The zero-order chi connectivity index (χ0) is 24.3. The summed E-state index contributed by atoms with van der Waals surface area (Å²) in [4.78, 5) is 30.2. The van der Waals surface area contributed by atoms with Crippen LogP contribution >= 0.6 is 11.8 Å². The molecule has 1 aliphatic heterocycles. The average Bonchev–Trinajstić information content (AvgIpc) is 2.84. The normalized spacial score (nSPS) is 18.7. The number of nitrogens with zero attached hydrogens (tertiary/aromatic N) is 1. The highest BCUT2D eigenvalue weighted by Crippen LogP contribution is 2.29. The number of thioether (sulfide) groups is 1. The highest BCUT2D eigenvalue weighted by molar-refractivity contribution is 7.99. The topological polar surface area (TPSA) is 115 Å². The molecule has 3 rings (SSSR count). The number of rotatable bonds is 9. The van der Waals surface area contributed by atoms with Crippen molar-refractivity contribution in [1.82, 2.24) is 10.6 Å². The Morgan fingerprint density at radius 1 is 1.09 bits per heavy atom. The monoisotopic (exact) mass is 490 g/mol. The van der Waals surface area contributed by atoms with Gasteiger partial charge in [-0.15, -0.1) is 0 Å². The van der Waals surface area contributed by atoms with E-state index in [1.165, 1.54) is 19.3 Å². The summed E-state index contributed by atoms with van der Waals surface area (Å²) in [6.07, 6.45) is 8.61. The lowest BCUT2D eigenvalue weighted by molar-refractivity contribution is -0.123. The van der Waals surface area contributed by atoms with Gasteiger partial charge in [0, 0.05) is 6.04 Å². The molecule has 2 fully saturated rings. The Hall–Kier alpha value is -2.42. The van der Waals surface area contributed by atoms with Gasteiger partial charge in [-0.3, -0.25) is 14.9 Å². The maximum atomic E-state index is 13.1. The van der Waals surface area contributed by atoms with Crippen molar-refractivity contribution in [3.63, 3.8) is 0 Å². The summed E-state index contributed by atoms with van der Waals surface area (Å²) >= 11 is 1.92. The molecule has 188 valence electrons. The van der Waals surface area contributed by atoms with Crippen LogP contribution in [0.2, 0.25) is 0 Å². The minimum Gasteiger partial charge on any atom is -0.493 e. The summed E-state index contributed by atoms with van der Waals surface area (Å²) in [6.45, 7) is 0. The van der Waals surface area contributed by atoms with Crippen LogP contribution in [-0.2, 0) is 16.0 Å². The van der Waals surface area contributed by atoms with E-state index in [2.05, 4.69) is 15.6 Å². The van der Waals surface area contributed by atoms with Crippen LogP contribution < -0.4 is 25.8 Å². The fourth-order valence-corrected chi connectivity index (χ4v) is 5.77. The van der Waals surface area contributed by atoms with Gasteiger partial charge in [0.1, 0.15) is 6.04 Å². The molecule has 0 aromatic heterocycles. The Bertz CT molecular complexity index is 851. The lowest BCUT2D eigenvalue weighted by atomic mass is 9.84. The first-order valence-electron chi connectivity index (χ1n) is 12.2. The summed E-state index contributed by atoms with van der Waals surface area (Å²) in [5.74, 6) is 3.35. The molecular weight excluding hydrogens is 452 g/mol. The molecule has 0 bridgehead atoms. The Kier molecular flexibility index (Phi) is 10.4. The number of amides is 2. The van der Waals surface area contributed by atoms with Crippen LogP contribution in [0.15, 0.2) is 23.2 Å². The number of ether oxygens (including phenoxy) is 2. The lowest BCUT2D eigenvalue weighted by Crippen LogP contribution is -2.45. The third-order valence-corrected chi connectivity index (χ3v) is 7.58. The van der Waals surface area contributed by atoms with Crippen molar-refractivity contribution >= 4 is 29.5 Å². The predicted octanol–water partition coefficient (Wildman–Crippen LogP) is 3.03. The number of nitrogens with two attached hydrogens (primary N) is 1. The van der Waals surface area contributed by atoms with Gasteiger partial charge in [-0.2, -0.15) is 11.8 Å². The molecule has 8 nitrogen and oxygen atoms in total. The van der Waals surface area contributed by atoms with Crippen molar-refractivity contribution in [2.75, 3.05) is 25.7 Å². The molecule has 1 heterocycles. The fraction of sp³-hybridized carbons (Fsp3) is 0.640. The van der Waals surface area contributed by atoms with E-state index in [0.717, 1.165) is 42.8 Å². The summed E-state index contributed by atoms with van der Waals surface area (Å²) in [5, 5.41) is 5.83. The van der Waals surface area contributed by atoms with Crippen molar-refractivity contribution in [2.45, 2.75) is 69.9 Å². The molecule has 0 spiro atoms.